The normalized spacial score (nSPS) is 30.2. The van der Waals surface area contributed by atoms with Crippen LogP contribution in [0.25, 0.3) is 0 Å². The van der Waals surface area contributed by atoms with Crippen molar-refractivity contribution in [3.8, 4) is 0 Å². The van der Waals surface area contributed by atoms with Crippen LogP contribution in [-0.4, -0.2) is 23.2 Å². The third-order valence-corrected chi connectivity index (χ3v) is 6.76. The van der Waals surface area contributed by atoms with Gasteiger partial charge in [-0.15, -0.1) is 0 Å². The predicted molar refractivity (Wildman–Crippen MR) is 123 cm³/mol. The van der Waals surface area contributed by atoms with Crippen molar-refractivity contribution in [2.24, 2.45) is 5.92 Å². The summed E-state index contributed by atoms with van der Waals surface area (Å²) in [5.41, 5.74) is 1.96. The van der Waals surface area contributed by atoms with Gasteiger partial charge in [0.15, 0.2) is 0 Å². The van der Waals surface area contributed by atoms with Crippen LogP contribution < -0.4 is 5.32 Å². The van der Waals surface area contributed by atoms with Crippen LogP contribution in [0.2, 0.25) is 0 Å². The molecule has 1 heterocycles. The van der Waals surface area contributed by atoms with Crippen molar-refractivity contribution in [3.05, 3.63) is 35.4 Å². The van der Waals surface area contributed by atoms with E-state index >= 15 is 0 Å². The SMILES string of the molecule is CCCC1(C)CC(OC(=O)c2ccc(C(C)(C)C)cc2)C(CC)C(C)(CCC)N1. The zero-order valence-corrected chi connectivity index (χ0v) is 20.0. The monoisotopic (exact) mass is 401 g/mol. The summed E-state index contributed by atoms with van der Waals surface area (Å²) in [6.07, 6.45) is 6.27. The predicted octanol–water partition coefficient (Wildman–Crippen LogP) is 6.65. The fraction of sp³-hybridized carbons (Fsp3) is 0.731. The van der Waals surface area contributed by atoms with Crippen LogP contribution in [0.1, 0.15) is 110 Å². The molecule has 0 saturated carbocycles. The second kappa shape index (κ2) is 9.20. The lowest BCUT2D eigenvalue weighted by molar-refractivity contribution is -0.0580. The van der Waals surface area contributed by atoms with Gasteiger partial charge in [-0.05, 0) is 56.2 Å². The molecule has 3 nitrogen and oxygen atoms in total. The van der Waals surface area contributed by atoms with Gasteiger partial charge < -0.3 is 10.1 Å². The Bertz CT molecular complexity index is 675. The number of carbonyl (C=O) groups is 1. The van der Waals surface area contributed by atoms with Crippen molar-refractivity contribution in [2.75, 3.05) is 0 Å². The molecule has 1 aromatic carbocycles. The first kappa shape index (κ1) is 23.9. The number of benzene rings is 1. The Balaban J connectivity index is 2.26. The number of rotatable bonds is 7. The minimum Gasteiger partial charge on any atom is -0.458 e. The Morgan fingerprint density at radius 1 is 1.07 bits per heavy atom. The van der Waals surface area contributed by atoms with Gasteiger partial charge in [0.25, 0.3) is 0 Å². The van der Waals surface area contributed by atoms with Gasteiger partial charge in [-0.2, -0.15) is 0 Å². The highest BCUT2D eigenvalue weighted by Crippen LogP contribution is 2.42. The van der Waals surface area contributed by atoms with E-state index in [9.17, 15) is 4.79 Å². The van der Waals surface area contributed by atoms with Gasteiger partial charge in [0.05, 0.1) is 5.56 Å². The van der Waals surface area contributed by atoms with Gasteiger partial charge in [-0.1, -0.05) is 66.5 Å². The number of hydrogen-bond acceptors (Lipinski definition) is 3. The van der Waals surface area contributed by atoms with E-state index in [0.717, 1.165) is 38.5 Å². The molecule has 1 saturated heterocycles. The standard InChI is InChI=1S/C26H43NO2/c1-9-16-25(7)18-22(21(11-3)26(8,27-25)17-10-2)29-23(28)19-12-14-20(15-13-19)24(4,5)6/h12-15,21-22,27H,9-11,16-18H2,1-8H3. The molecule has 1 aliphatic rings. The zero-order valence-electron chi connectivity index (χ0n) is 20.0. The van der Waals surface area contributed by atoms with Gasteiger partial charge in [-0.25, -0.2) is 4.79 Å². The molecule has 0 bridgehead atoms. The van der Waals surface area contributed by atoms with Crippen LogP contribution in [0.3, 0.4) is 0 Å². The number of piperidine rings is 1. The quantitative estimate of drug-likeness (QED) is 0.520. The average molecular weight is 402 g/mol. The average Bonchev–Trinajstić information content (AvgIpc) is 2.60. The fourth-order valence-electron chi connectivity index (χ4n) is 5.46. The van der Waals surface area contributed by atoms with Gasteiger partial charge in [0, 0.05) is 23.4 Å². The van der Waals surface area contributed by atoms with Crippen molar-refractivity contribution in [1.82, 2.24) is 5.32 Å². The highest BCUT2D eigenvalue weighted by atomic mass is 16.5. The second-order valence-electron chi connectivity index (χ2n) is 10.6. The molecule has 29 heavy (non-hydrogen) atoms. The van der Waals surface area contributed by atoms with E-state index in [0.29, 0.717) is 11.5 Å². The molecule has 1 aliphatic heterocycles. The number of ether oxygens (including phenoxy) is 1. The Hall–Kier alpha value is -1.35. The number of hydrogen-bond donors (Lipinski definition) is 1. The van der Waals surface area contributed by atoms with E-state index in [1.54, 1.807) is 0 Å². The summed E-state index contributed by atoms with van der Waals surface area (Å²) in [6, 6.07) is 7.94. The fourth-order valence-corrected chi connectivity index (χ4v) is 5.46. The summed E-state index contributed by atoms with van der Waals surface area (Å²) in [6.45, 7) is 17.9. The van der Waals surface area contributed by atoms with Crippen molar-refractivity contribution in [3.63, 3.8) is 0 Å². The van der Waals surface area contributed by atoms with Crippen molar-refractivity contribution >= 4 is 5.97 Å². The summed E-state index contributed by atoms with van der Waals surface area (Å²) in [5, 5.41) is 3.98. The van der Waals surface area contributed by atoms with Crippen LogP contribution in [0.5, 0.6) is 0 Å². The van der Waals surface area contributed by atoms with Gasteiger partial charge in [0.2, 0.25) is 0 Å². The molecular formula is C26H43NO2. The van der Waals surface area contributed by atoms with Crippen LogP contribution in [0.4, 0.5) is 0 Å². The largest absolute Gasteiger partial charge is 0.458 e. The second-order valence-corrected chi connectivity index (χ2v) is 10.6. The summed E-state index contributed by atoms with van der Waals surface area (Å²) in [5.74, 6) is 0.138. The molecule has 1 N–H and O–H groups in total. The Labute approximate surface area is 179 Å². The molecule has 1 fully saturated rings. The maximum absolute atomic E-state index is 13.0. The molecule has 0 aliphatic carbocycles. The maximum atomic E-state index is 13.0. The van der Waals surface area contributed by atoms with Gasteiger partial charge in [-0.3, -0.25) is 0 Å². The van der Waals surface area contributed by atoms with Gasteiger partial charge in [0.1, 0.15) is 6.10 Å². The lowest BCUT2D eigenvalue weighted by Crippen LogP contribution is -2.67. The zero-order chi connectivity index (χ0) is 21.9. The highest BCUT2D eigenvalue weighted by molar-refractivity contribution is 5.89. The molecular weight excluding hydrogens is 358 g/mol. The van der Waals surface area contributed by atoms with Crippen LogP contribution in [-0.2, 0) is 10.2 Å². The van der Waals surface area contributed by atoms with Gasteiger partial charge >= 0.3 is 5.97 Å². The van der Waals surface area contributed by atoms with E-state index in [1.165, 1.54) is 5.56 Å². The van der Waals surface area contributed by atoms with E-state index in [2.05, 4.69) is 72.8 Å². The van der Waals surface area contributed by atoms with Crippen LogP contribution >= 0.6 is 0 Å². The molecule has 0 spiro atoms. The maximum Gasteiger partial charge on any atom is 0.338 e. The first-order valence-electron chi connectivity index (χ1n) is 11.6. The van der Waals surface area contributed by atoms with Crippen molar-refractivity contribution in [2.45, 2.75) is 117 Å². The molecule has 0 aromatic heterocycles. The molecule has 1 aromatic rings. The molecule has 4 atom stereocenters. The molecule has 164 valence electrons. The first-order chi connectivity index (χ1) is 13.5. The Morgan fingerprint density at radius 3 is 2.14 bits per heavy atom. The Kier molecular flexibility index (Phi) is 7.59. The lowest BCUT2D eigenvalue weighted by atomic mass is 9.67. The number of nitrogens with one attached hydrogen (secondary N) is 1. The summed E-state index contributed by atoms with van der Waals surface area (Å²) in [4.78, 5) is 13.0. The molecule has 0 amide bonds. The van der Waals surface area contributed by atoms with Crippen LogP contribution in [0.15, 0.2) is 24.3 Å². The van der Waals surface area contributed by atoms with Crippen molar-refractivity contribution < 1.29 is 9.53 Å². The molecule has 2 rings (SSSR count). The Morgan fingerprint density at radius 2 is 1.66 bits per heavy atom. The minimum absolute atomic E-state index is 0.00534. The van der Waals surface area contributed by atoms with E-state index in [1.807, 2.05) is 12.1 Å². The number of esters is 1. The third kappa shape index (κ3) is 5.63. The lowest BCUT2D eigenvalue weighted by Gasteiger charge is -2.54. The summed E-state index contributed by atoms with van der Waals surface area (Å²) >= 11 is 0. The topological polar surface area (TPSA) is 38.3 Å². The van der Waals surface area contributed by atoms with Crippen LogP contribution in [0, 0.1) is 5.92 Å². The smallest absolute Gasteiger partial charge is 0.338 e. The minimum atomic E-state index is -0.187. The summed E-state index contributed by atoms with van der Waals surface area (Å²) in [7, 11) is 0. The van der Waals surface area contributed by atoms with Crippen molar-refractivity contribution in [1.29, 1.82) is 0 Å². The number of carbonyl (C=O) groups excluding carboxylic acids is 1. The summed E-state index contributed by atoms with van der Waals surface area (Å²) < 4.78 is 6.21. The molecule has 3 heteroatoms. The third-order valence-electron chi connectivity index (χ3n) is 6.76. The molecule has 4 unspecified atom stereocenters. The highest BCUT2D eigenvalue weighted by Gasteiger charge is 2.49. The van der Waals surface area contributed by atoms with E-state index in [4.69, 9.17) is 4.74 Å². The first-order valence-corrected chi connectivity index (χ1v) is 11.6. The van der Waals surface area contributed by atoms with E-state index in [-0.39, 0.29) is 28.6 Å². The molecule has 0 radical (unpaired) electrons. The van der Waals surface area contributed by atoms with E-state index < -0.39 is 0 Å².